The number of hydrogen-bond donors (Lipinski definition) is 3. The Morgan fingerprint density at radius 3 is 2.33 bits per heavy atom. The second-order valence-electron chi connectivity index (χ2n) is 9.38. The molecule has 2 heterocycles. The number of carbonyl (C=O) groups is 3. The molecular weight excluding hydrogens is 476 g/mol. The van der Waals surface area contributed by atoms with Crippen LogP contribution in [0.5, 0.6) is 0 Å². The first kappa shape index (κ1) is 27.8. The molecule has 1 saturated carbocycles. The van der Waals surface area contributed by atoms with Crippen molar-refractivity contribution in [2.24, 2.45) is 5.92 Å². The van der Waals surface area contributed by atoms with Crippen molar-refractivity contribution in [2.45, 2.75) is 84.5 Å². The van der Waals surface area contributed by atoms with Gasteiger partial charge in [0.2, 0.25) is 17.7 Å². The van der Waals surface area contributed by atoms with E-state index in [2.05, 4.69) is 15.6 Å². The number of carbonyl (C=O) groups excluding carboxylic acids is 3. The lowest BCUT2D eigenvalue weighted by atomic mass is 9.79. The Balaban J connectivity index is 0.00000176. The van der Waals surface area contributed by atoms with E-state index in [0.717, 1.165) is 41.0 Å². The van der Waals surface area contributed by atoms with Crippen LogP contribution in [0.1, 0.15) is 70.7 Å². The van der Waals surface area contributed by atoms with Gasteiger partial charge >= 0.3 is 0 Å². The zero-order chi connectivity index (χ0) is 26.4. The summed E-state index contributed by atoms with van der Waals surface area (Å²) in [5, 5.41) is 16.0. The van der Waals surface area contributed by atoms with Gasteiger partial charge in [-0.05, 0) is 43.7 Å². The van der Waals surface area contributed by atoms with Crippen molar-refractivity contribution < 1.29 is 19.5 Å². The first-order chi connectivity index (χ1) is 17.2. The predicted octanol–water partition coefficient (Wildman–Crippen LogP) is 3.59. The number of nitrogens with one attached hydrogen (secondary N) is 2. The monoisotopic (exact) mass is 514 g/mol. The molecule has 0 radical (unpaired) electrons. The summed E-state index contributed by atoms with van der Waals surface area (Å²) in [6.45, 7) is 9.37. The van der Waals surface area contributed by atoms with Crippen LogP contribution in [0.25, 0.3) is 10.4 Å². The minimum Gasteiger partial charge on any atom is -0.391 e. The van der Waals surface area contributed by atoms with Gasteiger partial charge in [-0.25, -0.2) is 4.98 Å². The quantitative estimate of drug-likeness (QED) is 0.523. The minimum atomic E-state index is -0.767. The number of hydrogen-bond acceptors (Lipinski definition) is 6. The molecule has 4 atom stereocenters. The van der Waals surface area contributed by atoms with Crippen molar-refractivity contribution in [3.8, 4) is 10.4 Å². The Morgan fingerprint density at radius 1 is 1.14 bits per heavy atom. The second-order valence-corrected chi connectivity index (χ2v) is 10.2. The maximum atomic E-state index is 13.3. The lowest BCUT2D eigenvalue weighted by Crippen LogP contribution is -2.56. The molecule has 1 saturated heterocycles. The number of β-amino-alcohol motifs (C(OH)–C–C–N with tert-alkyl or cyclic N) is 1. The molecule has 0 spiro atoms. The molecule has 3 amide bonds. The maximum absolute atomic E-state index is 13.3. The van der Waals surface area contributed by atoms with Crippen LogP contribution in [0.3, 0.4) is 0 Å². The fourth-order valence-electron chi connectivity index (χ4n) is 4.75. The van der Waals surface area contributed by atoms with Gasteiger partial charge in [0.25, 0.3) is 0 Å². The van der Waals surface area contributed by atoms with Crippen LogP contribution in [0, 0.1) is 12.8 Å². The van der Waals surface area contributed by atoms with Crippen molar-refractivity contribution in [3.05, 3.63) is 41.0 Å². The molecule has 3 N–H and O–H groups in total. The Morgan fingerprint density at radius 2 is 1.81 bits per heavy atom. The lowest BCUT2D eigenvalue weighted by molar-refractivity contribution is -0.143. The molecular formula is C27H38N4O4S. The van der Waals surface area contributed by atoms with E-state index in [9.17, 15) is 19.5 Å². The minimum absolute atomic E-state index is 0.0810. The van der Waals surface area contributed by atoms with Crippen molar-refractivity contribution in [1.82, 2.24) is 20.5 Å². The number of benzene rings is 1. The molecule has 1 aliphatic carbocycles. The number of thiazole rings is 1. The second kappa shape index (κ2) is 12.5. The number of aryl methyl sites for hydroxylation is 1. The van der Waals surface area contributed by atoms with Gasteiger partial charge in [0.05, 0.1) is 28.2 Å². The summed E-state index contributed by atoms with van der Waals surface area (Å²) in [5.41, 5.74) is 4.84. The lowest BCUT2D eigenvalue weighted by Gasteiger charge is -2.36. The van der Waals surface area contributed by atoms with Crippen molar-refractivity contribution in [2.75, 3.05) is 6.54 Å². The Kier molecular flexibility index (Phi) is 9.62. The number of aliphatic hydroxyl groups is 1. The standard InChI is InChI=1S/C25H32N4O4S.C2H6/c1-14(17-7-9-19(10-8-17)23-15(2)26-13-34-23)27-24(32)21-11-20(31)12-29(21)25(33)22(28-16(3)30)18-5-4-6-18;1-2/h7-10,13-14,18,20-22,31H,4-6,11-12H2,1-3H3,(H,27,32)(H,28,30);1-2H3. The Hall–Kier alpha value is -2.78. The topological polar surface area (TPSA) is 112 Å². The van der Waals surface area contributed by atoms with Crippen LogP contribution in [0.2, 0.25) is 0 Å². The summed E-state index contributed by atoms with van der Waals surface area (Å²) in [4.78, 5) is 45.1. The van der Waals surface area contributed by atoms with E-state index in [0.29, 0.717) is 0 Å². The summed E-state index contributed by atoms with van der Waals surface area (Å²) in [5.74, 6) is -0.766. The third-order valence-electron chi connectivity index (χ3n) is 6.89. The van der Waals surface area contributed by atoms with Gasteiger partial charge < -0.3 is 20.6 Å². The molecule has 2 aromatic rings. The van der Waals surface area contributed by atoms with E-state index in [1.54, 1.807) is 11.3 Å². The zero-order valence-electron chi connectivity index (χ0n) is 21.8. The molecule has 2 fully saturated rings. The van der Waals surface area contributed by atoms with Gasteiger partial charge in [0, 0.05) is 19.9 Å². The van der Waals surface area contributed by atoms with Crippen LogP contribution in [0.15, 0.2) is 29.8 Å². The molecule has 1 aliphatic heterocycles. The summed E-state index contributed by atoms with van der Waals surface area (Å²) in [6, 6.07) is 6.32. The number of rotatable bonds is 7. The highest BCUT2D eigenvalue weighted by Crippen LogP contribution is 2.32. The van der Waals surface area contributed by atoms with Crippen LogP contribution < -0.4 is 10.6 Å². The largest absolute Gasteiger partial charge is 0.391 e. The van der Waals surface area contributed by atoms with E-state index in [1.165, 1.54) is 11.8 Å². The average Bonchev–Trinajstić information content (AvgIpc) is 3.43. The Labute approximate surface area is 217 Å². The highest BCUT2D eigenvalue weighted by molar-refractivity contribution is 7.13. The fraction of sp³-hybridized carbons (Fsp3) is 0.556. The van der Waals surface area contributed by atoms with Gasteiger partial charge in [0.15, 0.2) is 0 Å². The van der Waals surface area contributed by atoms with E-state index in [1.807, 2.05) is 57.5 Å². The number of amides is 3. The molecule has 0 bridgehead atoms. The SMILES string of the molecule is CC.CC(=O)NC(C(=O)N1CC(O)CC1C(=O)NC(C)c1ccc(-c2scnc2C)cc1)C1CCC1. The zero-order valence-corrected chi connectivity index (χ0v) is 22.6. The molecule has 196 valence electrons. The van der Waals surface area contributed by atoms with Gasteiger partial charge in [-0.2, -0.15) is 0 Å². The molecule has 4 unspecified atom stereocenters. The van der Waals surface area contributed by atoms with Crippen LogP contribution >= 0.6 is 11.3 Å². The predicted molar refractivity (Wildman–Crippen MR) is 141 cm³/mol. The summed E-state index contributed by atoms with van der Waals surface area (Å²) >= 11 is 1.59. The van der Waals surface area contributed by atoms with E-state index in [4.69, 9.17) is 0 Å². The molecule has 4 rings (SSSR count). The summed E-state index contributed by atoms with van der Waals surface area (Å²) < 4.78 is 0. The number of nitrogens with zero attached hydrogens (tertiary/aromatic N) is 2. The molecule has 9 heteroatoms. The van der Waals surface area contributed by atoms with E-state index in [-0.39, 0.29) is 42.6 Å². The first-order valence-corrected chi connectivity index (χ1v) is 13.7. The third kappa shape index (κ3) is 6.31. The molecule has 1 aromatic heterocycles. The molecule has 2 aliphatic rings. The molecule has 8 nitrogen and oxygen atoms in total. The smallest absolute Gasteiger partial charge is 0.246 e. The van der Waals surface area contributed by atoms with Crippen molar-refractivity contribution in [3.63, 3.8) is 0 Å². The fourth-order valence-corrected chi connectivity index (χ4v) is 5.56. The number of likely N-dealkylation sites (tertiary alicyclic amines) is 1. The normalized spacial score (nSPS) is 21.0. The third-order valence-corrected chi connectivity index (χ3v) is 7.87. The van der Waals surface area contributed by atoms with Gasteiger partial charge in [-0.3, -0.25) is 14.4 Å². The van der Waals surface area contributed by atoms with Crippen molar-refractivity contribution >= 4 is 29.1 Å². The first-order valence-electron chi connectivity index (χ1n) is 12.8. The Bertz CT molecular complexity index is 1050. The van der Waals surface area contributed by atoms with Gasteiger partial charge in [-0.1, -0.05) is 44.5 Å². The highest BCUT2D eigenvalue weighted by Gasteiger charge is 2.44. The van der Waals surface area contributed by atoms with Crippen LogP contribution in [-0.4, -0.2) is 57.4 Å². The molecule has 36 heavy (non-hydrogen) atoms. The highest BCUT2D eigenvalue weighted by atomic mass is 32.1. The van der Waals surface area contributed by atoms with E-state index >= 15 is 0 Å². The number of aliphatic hydroxyl groups excluding tert-OH is 1. The summed E-state index contributed by atoms with van der Waals surface area (Å²) in [6.07, 6.45) is 2.19. The van der Waals surface area contributed by atoms with Crippen LogP contribution in [0.4, 0.5) is 0 Å². The van der Waals surface area contributed by atoms with Gasteiger partial charge in [0.1, 0.15) is 12.1 Å². The molecule has 1 aromatic carbocycles. The van der Waals surface area contributed by atoms with Crippen molar-refractivity contribution in [1.29, 1.82) is 0 Å². The number of aromatic nitrogens is 1. The van der Waals surface area contributed by atoms with E-state index < -0.39 is 18.2 Å². The van der Waals surface area contributed by atoms with Gasteiger partial charge in [-0.15, -0.1) is 11.3 Å². The maximum Gasteiger partial charge on any atom is 0.246 e. The van der Waals surface area contributed by atoms with Crippen LogP contribution in [-0.2, 0) is 14.4 Å². The summed E-state index contributed by atoms with van der Waals surface area (Å²) in [7, 11) is 0. The average molecular weight is 515 g/mol.